The number of carbonyl (C=O) groups is 1. The van der Waals surface area contributed by atoms with Gasteiger partial charge in [-0.05, 0) is 12.1 Å². The molecule has 136 valence electrons. The van der Waals surface area contributed by atoms with E-state index in [1.165, 1.54) is 0 Å². The minimum absolute atomic E-state index is 0.0526. The summed E-state index contributed by atoms with van der Waals surface area (Å²) in [5, 5.41) is 6.60. The highest BCUT2D eigenvalue weighted by atomic mass is 32.2. The third kappa shape index (κ3) is 4.88. The number of hydrogen-bond acceptors (Lipinski definition) is 6. The van der Waals surface area contributed by atoms with Crippen LogP contribution in [0, 0.1) is 0 Å². The lowest BCUT2D eigenvalue weighted by atomic mass is 9.96. The lowest BCUT2D eigenvalue weighted by Gasteiger charge is -2.11. The molecule has 0 aliphatic carbocycles. The molecule has 1 aromatic heterocycles. The molecule has 8 heteroatoms. The maximum Gasteiger partial charge on any atom is 0.258 e. The highest BCUT2D eigenvalue weighted by Crippen LogP contribution is 2.26. The average molecular weight is 365 g/mol. The first-order chi connectivity index (χ1) is 11.6. The Kier molecular flexibility index (Phi) is 5.62. The zero-order valence-electron chi connectivity index (χ0n) is 14.9. The fourth-order valence-corrected chi connectivity index (χ4v) is 2.77. The fourth-order valence-electron chi connectivity index (χ4n) is 2.06. The molecule has 1 aromatic carbocycles. The van der Waals surface area contributed by atoms with E-state index >= 15 is 0 Å². The number of benzene rings is 1. The van der Waals surface area contributed by atoms with Gasteiger partial charge >= 0.3 is 0 Å². The molecule has 0 radical (unpaired) electrons. The van der Waals surface area contributed by atoms with Crippen molar-refractivity contribution in [1.29, 1.82) is 0 Å². The van der Waals surface area contributed by atoms with Crippen molar-refractivity contribution in [1.82, 2.24) is 15.5 Å². The molecular weight excluding hydrogens is 342 g/mol. The Hall–Kier alpha value is -2.22. The van der Waals surface area contributed by atoms with Crippen LogP contribution in [-0.4, -0.2) is 42.5 Å². The molecule has 0 spiro atoms. The molecule has 0 bridgehead atoms. The zero-order valence-corrected chi connectivity index (χ0v) is 15.7. The predicted molar refractivity (Wildman–Crippen MR) is 95.1 cm³/mol. The van der Waals surface area contributed by atoms with Crippen LogP contribution >= 0.6 is 0 Å². The molecule has 1 amide bonds. The topological polar surface area (TPSA) is 102 Å². The van der Waals surface area contributed by atoms with E-state index in [1.54, 1.807) is 31.2 Å². The van der Waals surface area contributed by atoms with Gasteiger partial charge in [0.25, 0.3) is 11.8 Å². The van der Waals surface area contributed by atoms with E-state index in [0.29, 0.717) is 17.0 Å². The summed E-state index contributed by atoms with van der Waals surface area (Å²) in [7, 11) is -3.13. The van der Waals surface area contributed by atoms with E-state index in [1.807, 2.05) is 20.8 Å². The number of rotatable bonds is 6. The van der Waals surface area contributed by atoms with Gasteiger partial charge in [-0.3, -0.25) is 4.79 Å². The Balaban J connectivity index is 2.20. The number of nitrogens with one attached hydrogen (secondary N) is 1. The minimum Gasteiger partial charge on any atom is -0.351 e. The van der Waals surface area contributed by atoms with Crippen LogP contribution in [0.5, 0.6) is 0 Å². The zero-order chi connectivity index (χ0) is 18.7. The molecule has 0 saturated carbocycles. The lowest BCUT2D eigenvalue weighted by molar-refractivity contribution is 0.0956. The number of sulfone groups is 1. The van der Waals surface area contributed by atoms with Gasteiger partial charge in [0.2, 0.25) is 0 Å². The second kappa shape index (κ2) is 7.35. The molecule has 1 N–H and O–H groups in total. The van der Waals surface area contributed by atoms with Gasteiger partial charge in [-0.15, -0.1) is 0 Å². The summed E-state index contributed by atoms with van der Waals surface area (Å²) < 4.78 is 28.3. The molecule has 2 aromatic rings. The second-order valence-electron chi connectivity index (χ2n) is 6.71. The van der Waals surface area contributed by atoms with Crippen molar-refractivity contribution < 1.29 is 17.7 Å². The third-order valence-corrected chi connectivity index (χ3v) is 5.34. The Morgan fingerprint density at radius 3 is 2.52 bits per heavy atom. The van der Waals surface area contributed by atoms with E-state index in [4.69, 9.17) is 4.52 Å². The van der Waals surface area contributed by atoms with Crippen molar-refractivity contribution >= 4 is 15.7 Å². The smallest absolute Gasteiger partial charge is 0.258 e. The van der Waals surface area contributed by atoms with E-state index in [2.05, 4.69) is 15.5 Å². The van der Waals surface area contributed by atoms with Gasteiger partial charge in [-0.2, -0.15) is 4.98 Å². The van der Waals surface area contributed by atoms with Crippen LogP contribution in [-0.2, 0) is 15.3 Å². The number of amides is 1. The van der Waals surface area contributed by atoms with Gasteiger partial charge < -0.3 is 9.84 Å². The summed E-state index contributed by atoms with van der Waals surface area (Å²) in [4.78, 5) is 16.8. The predicted octanol–water partition coefficient (Wildman–Crippen LogP) is 2.20. The van der Waals surface area contributed by atoms with E-state index in [-0.39, 0.29) is 35.3 Å². The highest BCUT2D eigenvalue weighted by molar-refractivity contribution is 7.91. The molecule has 0 saturated heterocycles. The third-order valence-electron chi connectivity index (χ3n) is 3.64. The summed E-state index contributed by atoms with van der Waals surface area (Å²) in [5.74, 6) is 0.393. The monoisotopic (exact) mass is 365 g/mol. The van der Waals surface area contributed by atoms with Crippen molar-refractivity contribution in [2.75, 3.05) is 18.1 Å². The van der Waals surface area contributed by atoms with Crippen molar-refractivity contribution in [2.24, 2.45) is 0 Å². The van der Waals surface area contributed by atoms with Crippen LogP contribution in [0.25, 0.3) is 11.5 Å². The average Bonchev–Trinajstić information content (AvgIpc) is 3.05. The maximum atomic E-state index is 12.4. The largest absolute Gasteiger partial charge is 0.351 e. The summed E-state index contributed by atoms with van der Waals surface area (Å²) >= 11 is 0. The minimum atomic E-state index is -3.13. The van der Waals surface area contributed by atoms with Crippen LogP contribution in [0.15, 0.2) is 28.8 Å². The molecule has 0 aliphatic heterocycles. The molecule has 1 heterocycles. The van der Waals surface area contributed by atoms with Crippen LogP contribution < -0.4 is 5.32 Å². The van der Waals surface area contributed by atoms with Gasteiger partial charge in [0.1, 0.15) is 0 Å². The van der Waals surface area contributed by atoms with Crippen LogP contribution in [0.1, 0.15) is 43.9 Å². The molecule has 25 heavy (non-hydrogen) atoms. The highest BCUT2D eigenvalue weighted by Gasteiger charge is 2.23. The van der Waals surface area contributed by atoms with E-state index in [9.17, 15) is 13.2 Å². The second-order valence-corrected chi connectivity index (χ2v) is 9.18. The summed E-state index contributed by atoms with van der Waals surface area (Å²) in [6.07, 6.45) is 0. The number of hydrogen-bond donors (Lipinski definition) is 1. The molecule has 0 unspecified atom stereocenters. The molecular formula is C17H23N3O4S. The molecule has 0 atom stereocenters. The number of carbonyl (C=O) groups excluding carboxylic acids is 1. The molecule has 7 nitrogen and oxygen atoms in total. The van der Waals surface area contributed by atoms with Crippen LogP contribution in [0.4, 0.5) is 0 Å². The van der Waals surface area contributed by atoms with Gasteiger partial charge in [-0.25, -0.2) is 8.42 Å². The van der Waals surface area contributed by atoms with Crippen LogP contribution in [0.3, 0.4) is 0 Å². The Morgan fingerprint density at radius 1 is 1.24 bits per heavy atom. The van der Waals surface area contributed by atoms with Crippen molar-refractivity contribution in [3.63, 3.8) is 0 Å². The van der Waals surface area contributed by atoms with Crippen molar-refractivity contribution in [2.45, 2.75) is 33.1 Å². The van der Waals surface area contributed by atoms with Gasteiger partial charge in [0.05, 0.1) is 16.9 Å². The van der Waals surface area contributed by atoms with Crippen LogP contribution in [0.2, 0.25) is 0 Å². The summed E-state index contributed by atoms with van der Waals surface area (Å²) in [5.41, 5.74) is 0.606. The normalized spacial score (nSPS) is 12.2. The Bertz CT molecular complexity index is 851. The molecule has 0 fully saturated rings. The SMILES string of the molecule is CCS(=O)(=O)CCNC(=O)c1ccccc1-c1nc(C(C)(C)C)no1. The Morgan fingerprint density at radius 2 is 1.92 bits per heavy atom. The van der Waals surface area contributed by atoms with Gasteiger partial charge in [0, 0.05) is 17.7 Å². The fraction of sp³-hybridized carbons (Fsp3) is 0.471. The van der Waals surface area contributed by atoms with Crippen molar-refractivity contribution in [3.8, 4) is 11.5 Å². The van der Waals surface area contributed by atoms with Crippen molar-refractivity contribution in [3.05, 3.63) is 35.7 Å². The quantitative estimate of drug-likeness (QED) is 0.842. The summed E-state index contributed by atoms with van der Waals surface area (Å²) in [6.45, 7) is 7.53. The first-order valence-corrected chi connectivity index (χ1v) is 9.88. The standard InChI is InChI=1S/C17H23N3O4S/c1-5-25(22,23)11-10-18-14(21)12-8-6-7-9-13(12)15-19-16(20-24-15)17(2,3)4/h6-9H,5,10-11H2,1-4H3,(H,18,21). The number of aromatic nitrogens is 2. The summed E-state index contributed by atoms with van der Waals surface area (Å²) in [6, 6.07) is 6.86. The van der Waals surface area contributed by atoms with Gasteiger partial charge in [-0.1, -0.05) is 45.0 Å². The molecule has 2 rings (SSSR count). The number of nitrogens with zero attached hydrogens (tertiary/aromatic N) is 2. The first-order valence-electron chi connectivity index (χ1n) is 8.06. The van der Waals surface area contributed by atoms with E-state index in [0.717, 1.165) is 0 Å². The lowest BCUT2D eigenvalue weighted by Crippen LogP contribution is -2.30. The van der Waals surface area contributed by atoms with E-state index < -0.39 is 9.84 Å². The Labute approximate surface area is 147 Å². The maximum absolute atomic E-state index is 12.4. The van der Waals surface area contributed by atoms with Gasteiger partial charge in [0.15, 0.2) is 15.7 Å². The first kappa shape index (κ1) is 19.1. The molecule has 0 aliphatic rings.